The molecule has 7 heteroatoms. The van der Waals surface area contributed by atoms with E-state index in [2.05, 4.69) is 20.4 Å². The molecule has 1 heterocycles. The molecule has 0 amide bonds. The first-order chi connectivity index (χ1) is 8.81. The third-order valence-corrected chi connectivity index (χ3v) is 4.00. The third-order valence-electron chi connectivity index (χ3n) is 2.92. The standard InChI is InChI=1S/C11H19N5OS/c1-2-17-10-13-9(16-12)14-11(15-10)18-7-8-5-3-4-6-8/h8H,2-7,12H2,1H3,(H,13,14,15,16). The molecule has 3 N–H and O–H groups in total. The molecule has 0 bridgehead atoms. The Hall–Kier alpha value is -1.08. The third kappa shape index (κ3) is 3.71. The summed E-state index contributed by atoms with van der Waals surface area (Å²) in [6.07, 6.45) is 5.33. The molecule has 1 aromatic heterocycles. The molecule has 100 valence electrons. The Morgan fingerprint density at radius 2 is 2.11 bits per heavy atom. The molecule has 0 unspecified atom stereocenters. The van der Waals surface area contributed by atoms with Crippen molar-refractivity contribution in [3.05, 3.63) is 0 Å². The second kappa shape index (κ2) is 6.75. The number of thioether (sulfide) groups is 1. The van der Waals surface area contributed by atoms with Crippen molar-refractivity contribution in [2.75, 3.05) is 17.8 Å². The highest BCUT2D eigenvalue weighted by Gasteiger charge is 2.16. The molecule has 18 heavy (non-hydrogen) atoms. The number of hydrogen-bond donors (Lipinski definition) is 2. The molecule has 1 aromatic rings. The largest absolute Gasteiger partial charge is 0.464 e. The van der Waals surface area contributed by atoms with Crippen molar-refractivity contribution in [3.63, 3.8) is 0 Å². The summed E-state index contributed by atoms with van der Waals surface area (Å²) in [5.74, 6) is 7.53. The van der Waals surface area contributed by atoms with Crippen LogP contribution in [0.2, 0.25) is 0 Å². The van der Waals surface area contributed by atoms with E-state index >= 15 is 0 Å². The van der Waals surface area contributed by atoms with E-state index in [0.717, 1.165) is 11.7 Å². The van der Waals surface area contributed by atoms with Crippen LogP contribution < -0.4 is 16.0 Å². The predicted octanol–water partition coefficient (Wildman–Crippen LogP) is 1.84. The van der Waals surface area contributed by atoms with Crippen LogP contribution in [0.25, 0.3) is 0 Å². The van der Waals surface area contributed by atoms with Crippen LogP contribution in [-0.2, 0) is 0 Å². The van der Waals surface area contributed by atoms with Crippen LogP contribution in [0, 0.1) is 5.92 Å². The maximum absolute atomic E-state index is 5.33. The van der Waals surface area contributed by atoms with Gasteiger partial charge in [0.25, 0.3) is 0 Å². The lowest BCUT2D eigenvalue weighted by molar-refractivity contribution is 0.308. The van der Waals surface area contributed by atoms with Crippen molar-refractivity contribution in [1.29, 1.82) is 0 Å². The predicted molar refractivity (Wildman–Crippen MR) is 71.5 cm³/mol. The molecule has 1 fully saturated rings. The number of nitrogens with two attached hydrogens (primary N) is 1. The van der Waals surface area contributed by atoms with Gasteiger partial charge in [0.2, 0.25) is 5.95 Å². The number of nitrogens with zero attached hydrogens (tertiary/aromatic N) is 3. The molecule has 2 rings (SSSR count). The van der Waals surface area contributed by atoms with Gasteiger partial charge in [0.15, 0.2) is 5.16 Å². The van der Waals surface area contributed by atoms with Gasteiger partial charge in [-0.25, -0.2) is 5.84 Å². The molecular formula is C11H19N5OS. The lowest BCUT2D eigenvalue weighted by Gasteiger charge is -2.09. The van der Waals surface area contributed by atoms with E-state index in [0.29, 0.717) is 23.7 Å². The van der Waals surface area contributed by atoms with E-state index < -0.39 is 0 Å². The van der Waals surface area contributed by atoms with Crippen LogP contribution in [0.5, 0.6) is 6.01 Å². The molecule has 6 nitrogen and oxygen atoms in total. The highest BCUT2D eigenvalue weighted by molar-refractivity contribution is 7.99. The molecule has 0 aliphatic heterocycles. The summed E-state index contributed by atoms with van der Waals surface area (Å²) < 4.78 is 5.29. The van der Waals surface area contributed by atoms with Gasteiger partial charge in [-0.15, -0.1) is 0 Å². The summed E-state index contributed by atoms with van der Waals surface area (Å²) in [7, 11) is 0. The Labute approximate surface area is 111 Å². The van der Waals surface area contributed by atoms with Crippen molar-refractivity contribution < 1.29 is 4.74 Å². The van der Waals surface area contributed by atoms with Crippen LogP contribution in [-0.4, -0.2) is 27.3 Å². The lowest BCUT2D eigenvalue weighted by Crippen LogP contribution is -2.13. The summed E-state index contributed by atoms with van der Waals surface area (Å²) in [6.45, 7) is 2.42. The van der Waals surface area contributed by atoms with Gasteiger partial charge < -0.3 is 4.74 Å². The van der Waals surface area contributed by atoms with E-state index in [9.17, 15) is 0 Å². The summed E-state index contributed by atoms with van der Waals surface area (Å²) in [5, 5.41) is 0.674. The van der Waals surface area contributed by atoms with E-state index in [1.165, 1.54) is 25.7 Å². The Kier molecular flexibility index (Phi) is 5.00. The van der Waals surface area contributed by atoms with Crippen molar-refractivity contribution in [2.45, 2.75) is 37.8 Å². The highest BCUT2D eigenvalue weighted by atomic mass is 32.2. The van der Waals surface area contributed by atoms with Crippen LogP contribution in [0.1, 0.15) is 32.6 Å². The van der Waals surface area contributed by atoms with Gasteiger partial charge in [-0.3, -0.25) is 5.43 Å². The maximum Gasteiger partial charge on any atom is 0.322 e. The second-order valence-electron chi connectivity index (χ2n) is 4.26. The first-order valence-electron chi connectivity index (χ1n) is 6.30. The molecule has 1 aliphatic rings. The van der Waals surface area contributed by atoms with Crippen molar-refractivity contribution in [2.24, 2.45) is 11.8 Å². The Morgan fingerprint density at radius 1 is 1.33 bits per heavy atom. The van der Waals surface area contributed by atoms with Crippen molar-refractivity contribution in [3.8, 4) is 6.01 Å². The van der Waals surface area contributed by atoms with Gasteiger partial charge >= 0.3 is 6.01 Å². The van der Waals surface area contributed by atoms with Crippen LogP contribution >= 0.6 is 11.8 Å². The fourth-order valence-corrected chi connectivity index (χ4v) is 3.04. The fraction of sp³-hybridized carbons (Fsp3) is 0.727. The number of hydrogen-bond acceptors (Lipinski definition) is 7. The minimum absolute atomic E-state index is 0.328. The number of nitrogen functional groups attached to an aromatic ring is 1. The van der Waals surface area contributed by atoms with E-state index in [1.54, 1.807) is 11.8 Å². The zero-order valence-corrected chi connectivity index (χ0v) is 11.4. The number of rotatable bonds is 6. The number of anilines is 1. The van der Waals surface area contributed by atoms with Gasteiger partial charge in [-0.1, -0.05) is 24.6 Å². The second-order valence-corrected chi connectivity index (χ2v) is 5.25. The fourth-order valence-electron chi connectivity index (χ4n) is 2.03. The van der Waals surface area contributed by atoms with Gasteiger partial charge in [-0.05, 0) is 25.7 Å². The Morgan fingerprint density at radius 3 is 2.78 bits per heavy atom. The molecule has 1 saturated carbocycles. The molecular weight excluding hydrogens is 250 g/mol. The molecule has 0 radical (unpaired) electrons. The van der Waals surface area contributed by atoms with Gasteiger partial charge in [0.1, 0.15) is 0 Å². The number of hydrazine groups is 1. The smallest absolute Gasteiger partial charge is 0.322 e. The van der Waals surface area contributed by atoms with Crippen LogP contribution in [0.4, 0.5) is 5.95 Å². The van der Waals surface area contributed by atoms with Crippen LogP contribution in [0.3, 0.4) is 0 Å². The average Bonchev–Trinajstić information content (AvgIpc) is 2.89. The SMILES string of the molecule is CCOc1nc(NN)nc(SCC2CCCC2)n1. The molecule has 0 saturated heterocycles. The monoisotopic (exact) mass is 269 g/mol. The average molecular weight is 269 g/mol. The minimum atomic E-state index is 0.328. The van der Waals surface area contributed by atoms with Gasteiger partial charge in [0, 0.05) is 5.75 Å². The maximum atomic E-state index is 5.33. The lowest BCUT2D eigenvalue weighted by atomic mass is 10.1. The molecule has 0 aromatic carbocycles. The summed E-state index contributed by atoms with van der Waals surface area (Å²) in [5.41, 5.74) is 2.44. The molecule has 1 aliphatic carbocycles. The van der Waals surface area contributed by atoms with Crippen molar-refractivity contribution >= 4 is 17.7 Å². The number of aromatic nitrogens is 3. The summed E-state index contributed by atoms with van der Waals surface area (Å²) in [6, 6.07) is 0.328. The van der Waals surface area contributed by atoms with Gasteiger partial charge in [-0.2, -0.15) is 15.0 Å². The highest BCUT2D eigenvalue weighted by Crippen LogP contribution is 2.30. The van der Waals surface area contributed by atoms with Crippen LogP contribution in [0.15, 0.2) is 5.16 Å². The zero-order chi connectivity index (χ0) is 12.8. The van der Waals surface area contributed by atoms with E-state index in [-0.39, 0.29) is 0 Å². The topological polar surface area (TPSA) is 86.0 Å². The number of nitrogens with one attached hydrogen (secondary N) is 1. The van der Waals surface area contributed by atoms with E-state index in [4.69, 9.17) is 10.6 Å². The quantitative estimate of drug-likeness (QED) is 0.463. The molecule has 0 atom stereocenters. The first-order valence-corrected chi connectivity index (χ1v) is 7.28. The van der Waals surface area contributed by atoms with Crippen molar-refractivity contribution in [1.82, 2.24) is 15.0 Å². The summed E-state index contributed by atoms with van der Waals surface area (Å²) >= 11 is 1.65. The first kappa shape index (κ1) is 13.4. The Bertz CT molecular complexity index is 384. The normalized spacial score (nSPS) is 15.9. The number of ether oxygens (including phenoxy) is 1. The Balaban J connectivity index is 1.98. The molecule has 0 spiro atoms. The van der Waals surface area contributed by atoms with E-state index in [1.807, 2.05) is 6.92 Å². The summed E-state index contributed by atoms with van der Waals surface area (Å²) in [4.78, 5) is 12.5. The zero-order valence-electron chi connectivity index (χ0n) is 10.6. The van der Waals surface area contributed by atoms with Gasteiger partial charge in [0.05, 0.1) is 6.61 Å². The minimum Gasteiger partial charge on any atom is -0.464 e.